The number of carbonyl (C=O) groups is 1. The van der Waals surface area contributed by atoms with Crippen LogP contribution < -0.4 is 5.32 Å². The number of oxazole rings is 1. The Hall–Kier alpha value is -2.15. The molecule has 0 saturated heterocycles. The van der Waals surface area contributed by atoms with Gasteiger partial charge in [0.1, 0.15) is 18.1 Å². The van der Waals surface area contributed by atoms with Crippen molar-refractivity contribution >= 4 is 32.9 Å². The quantitative estimate of drug-likeness (QED) is 0.758. The summed E-state index contributed by atoms with van der Waals surface area (Å²) in [5, 5.41) is 7.22. The number of benzene rings is 1. The van der Waals surface area contributed by atoms with Gasteiger partial charge in [0.25, 0.3) is 0 Å². The second-order valence-corrected chi connectivity index (χ2v) is 6.24. The molecule has 0 fully saturated rings. The average Bonchev–Trinajstić information content (AvgIpc) is 3.05. The number of nitrogens with one attached hydrogen (secondary N) is 1. The van der Waals surface area contributed by atoms with E-state index in [0.29, 0.717) is 11.5 Å². The molecule has 0 bridgehead atoms. The Balaban J connectivity index is 1.70. The number of halogens is 1. The minimum absolute atomic E-state index is 0.141. The van der Waals surface area contributed by atoms with Gasteiger partial charge in [0.05, 0.1) is 15.9 Å². The summed E-state index contributed by atoms with van der Waals surface area (Å²) in [6, 6.07) is 7.22. The number of nitrogens with zero attached hydrogens (tertiary/aromatic N) is 3. The molecule has 1 aromatic carbocycles. The van der Waals surface area contributed by atoms with Crippen LogP contribution in [0.1, 0.15) is 30.2 Å². The Morgan fingerprint density at radius 1 is 1.39 bits per heavy atom. The molecular weight excluding hydrogens is 360 g/mol. The molecule has 1 atom stereocenters. The van der Waals surface area contributed by atoms with Gasteiger partial charge in [-0.1, -0.05) is 12.1 Å². The van der Waals surface area contributed by atoms with Gasteiger partial charge in [0.2, 0.25) is 11.8 Å². The molecule has 1 amide bonds. The van der Waals surface area contributed by atoms with Crippen LogP contribution in [0.15, 0.2) is 33.2 Å². The topological polar surface area (TPSA) is 73.0 Å². The van der Waals surface area contributed by atoms with Crippen LogP contribution in [0.2, 0.25) is 0 Å². The molecule has 7 heteroatoms. The number of amides is 1. The van der Waals surface area contributed by atoms with Gasteiger partial charge in [0.15, 0.2) is 5.58 Å². The lowest BCUT2D eigenvalue weighted by Gasteiger charge is -2.11. The van der Waals surface area contributed by atoms with Gasteiger partial charge in [-0.2, -0.15) is 5.10 Å². The van der Waals surface area contributed by atoms with Crippen LogP contribution >= 0.6 is 15.9 Å². The summed E-state index contributed by atoms with van der Waals surface area (Å²) in [6.07, 6.45) is 0. The second kappa shape index (κ2) is 6.16. The number of hydrogen-bond acceptors (Lipinski definition) is 4. The Morgan fingerprint density at radius 3 is 2.78 bits per heavy atom. The molecule has 0 aliphatic heterocycles. The van der Waals surface area contributed by atoms with E-state index in [1.165, 1.54) is 0 Å². The van der Waals surface area contributed by atoms with Gasteiger partial charge >= 0.3 is 0 Å². The molecule has 120 valence electrons. The Morgan fingerprint density at radius 2 is 2.13 bits per heavy atom. The molecular formula is C16H17BrN4O2. The lowest BCUT2D eigenvalue weighted by Crippen LogP contribution is -2.30. The van der Waals surface area contributed by atoms with Crippen LogP contribution in [-0.2, 0) is 11.3 Å². The van der Waals surface area contributed by atoms with Gasteiger partial charge in [0, 0.05) is 0 Å². The van der Waals surface area contributed by atoms with Crippen LogP contribution in [0.3, 0.4) is 0 Å². The van der Waals surface area contributed by atoms with Crippen molar-refractivity contribution in [3.63, 3.8) is 0 Å². The molecule has 1 N–H and O–H groups in total. The predicted molar refractivity (Wildman–Crippen MR) is 90.0 cm³/mol. The van der Waals surface area contributed by atoms with Crippen molar-refractivity contribution in [1.82, 2.24) is 20.1 Å². The summed E-state index contributed by atoms with van der Waals surface area (Å²) in [7, 11) is 0. The first-order valence-electron chi connectivity index (χ1n) is 7.30. The minimum atomic E-state index is -0.310. The van der Waals surface area contributed by atoms with Gasteiger partial charge in [-0.3, -0.25) is 9.48 Å². The molecule has 3 aromatic rings. The fraction of sp³-hybridized carbons (Fsp3) is 0.312. The fourth-order valence-corrected chi connectivity index (χ4v) is 2.67. The van der Waals surface area contributed by atoms with Gasteiger partial charge in [-0.15, -0.1) is 0 Å². The van der Waals surface area contributed by atoms with Crippen molar-refractivity contribution in [2.24, 2.45) is 0 Å². The SMILES string of the molecule is Cc1nn(CC(=O)NC(C)c2nc3ccccc3o2)c(C)c1Br. The highest BCUT2D eigenvalue weighted by atomic mass is 79.9. The zero-order valence-electron chi connectivity index (χ0n) is 13.1. The molecule has 2 aromatic heterocycles. The molecule has 3 rings (SSSR count). The summed E-state index contributed by atoms with van der Waals surface area (Å²) in [6.45, 7) is 5.82. The Labute approximate surface area is 142 Å². The summed E-state index contributed by atoms with van der Waals surface area (Å²) >= 11 is 3.46. The molecule has 0 spiro atoms. The standard InChI is InChI=1S/C16H17BrN4O2/c1-9-15(17)11(3)21(20-9)8-14(22)18-10(2)16-19-12-6-4-5-7-13(12)23-16/h4-7,10H,8H2,1-3H3,(H,18,22). The van der Waals surface area contributed by atoms with Crippen molar-refractivity contribution in [3.8, 4) is 0 Å². The van der Waals surface area contributed by atoms with Crippen molar-refractivity contribution in [3.05, 3.63) is 46.0 Å². The highest BCUT2D eigenvalue weighted by Crippen LogP contribution is 2.21. The van der Waals surface area contributed by atoms with Crippen LogP contribution in [0.5, 0.6) is 0 Å². The van der Waals surface area contributed by atoms with Crippen molar-refractivity contribution in [2.45, 2.75) is 33.4 Å². The largest absolute Gasteiger partial charge is 0.438 e. The Kier molecular flexibility index (Phi) is 4.21. The van der Waals surface area contributed by atoms with Crippen molar-refractivity contribution in [1.29, 1.82) is 0 Å². The van der Waals surface area contributed by atoms with E-state index in [-0.39, 0.29) is 18.5 Å². The highest BCUT2D eigenvalue weighted by Gasteiger charge is 2.17. The van der Waals surface area contributed by atoms with Gasteiger partial charge in [-0.25, -0.2) is 4.98 Å². The lowest BCUT2D eigenvalue weighted by molar-refractivity contribution is -0.122. The molecule has 0 saturated carbocycles. The third kappa shape index (κ3) is 3.14. The number of hydrogen-bond donors (Lipinski definition) is 1. The number of para-hydroxylation sites is 2. The normalized spacial score (nSPS) is 12.5. The monoisotopic (exact) mass is 376 g/mol. The zero-order valence-corrected chi connectivity index (χ0v) is 14.7. The van der Waals surface area contributed by atoms with E-state index in [2.05, 4.69) is 31.3 Å². The number of carbonyl (C=O) groups excluding carboxylic acids is 1. The van der Waals surface area contributed by atoms with Crippen molar-refractivity contribution < 1.29 is 9.21 Å². The highest BCUT2D eigenvalue weighted by molar-refractivity contribution is 9.10. The van der Waals surface area contributed by atoms with Crippen molar-refractivity contribution in [2.75, 3.05) is 0 Å². The van der Waals surface area contributed by atoms with E-state index in [1.54, 1.807) is 4.68 Å². The van der Waals surface area contributed by atoms with Gasteiger partial charge in [-0.05, 0) is 48.8 Å². The van der Waals surface area contributed by atoms with E-state index in [9.17, 15) is 4.79 Å². The first kappa shape index (κ1) is 15.7. The number of fused-ring (bicyclic) bond motifs is 1. The molecule has 23 heavy (non-hydrogen) atoms. The summed E-state index contributed by atoms with van der Waals surface area (Å²) in [4.78, 5) is 16.6. The predicted octanol–water partition coefficient (Wildman–Crippen LogP) is 3.28. The molecule has 2 heterocycles. The molecule has 0 aliphatic carbocycles. The first-order valence-corrected chi connectivity index (χ1v) is 8.09. The fourth-order valence-electron chi connectivity index (χ4n) is 2.39. The van der Waals surface area contributed by atoms with E-state index >= 15 is 0 Å². The number of aryl methyl sites for hydroxylation is 1. The molecule has 1 unspecified atom stereocenters. The van der Waals surface area contributed by atoms with E-state index in [4.69, 9.17) is 4.42 Å². The summed E-state index contributed by atoms with van der Waals surface area (Å²) in [5.41, 5.74) is 3.28. The van der Waals surface area contributed by atoms with Gasteiger partial charge < -0.3 is 9.73 Å². The van der Waals surface area contributed by atoms with E-state index in [0.717, 1.165) is 21.4 Å². The third-order valence-electron chi connectivity index (χ3n) is 3.64. The van der Waals surface area contributed by atoms with Crippen LogP contribution in [-0.4, -0.2) is 20.7 Å². The molecule has 0 aliphatic rings. The minimum Gasteiger partial charge on any atom is -0.438 e. The summed E-state index contributed by atoms with van der Waals surface area (Å²) < 4.78 is 8.27. The maximum Gasteiger partial charge on any atom is 0.242 e. The van der Waals surface area contributed by atoms with Crippen LogP contribution in [0, 0.1) is 13.8 Å². The maximum absolute atomic E-state index is 12.2. The smallest absolute Gasteiger partial charge is 0.242 e. The lowest BCUT2D eigenvalue weighted by atomic mass is 10.3. The second-order valence-electron chi connectivity index (χ2n) is 5.45. The summed E-state index contributed by atoms with van der Waals surface area (Å²) in [5.74, 6) is 0.354. The zero-order chi connectivity index (χ0) is 16.6. The van der Waals surface area contributed by atoms with Crippen LogP contribution in [0.25, 0.3) is 11.1 Å². The number of rotatable bonds is 4. The van der Waals surface area contributed by atoms with Crippen LogP contribution in [0.4, 0.5) is 0 Å². The molecule has 6 nitrogen and oxygen atoms in total. The number of aromatic nitrogens is 3. The average molecular weight is 377 g/mol. The third-order valence-corrected chi connectivity index (χ3v) is 4.79. The van der Waals surface area contributed by atoms with E-state index < -0.39 is 0 Å². The molecule has 0 radical (unpaired) electrons. The Bertz CT molecular complexity index is 835. The maximum atomic E-state index is 12.2. The van der Waals surface area contributed by atoms with E-state index in [1.807, 2.05) is 45.0 Å². The first-order chi connectivity index (χ1) is 11.0.